The fraction of sp³-hybridized carbons (Fsp3) is 0.667. The van der Waals surface area contributed by atoms with Crippen molar-refractivity contribution in [3.8, 4) is 0 Å². The molecule has 2 aliphatic heterocycles. The van der Waals surface area contributed by atoms with Crippen LogP contribution in [0.25, 0.3) is 0 Å². The van der Waals surface area contributed by atoms with E-state index in [1.54, 1.807) is 0 Å². The number of ether oxygens (including phenoxy) is 1. The fourth-order valence-electron chi connectivity index (χ4n) is 3.34. The number of piperidine rings is 1. The lowest BCUT2D eigenvalue weighted by atomic mass is 9.97. The third-order valence-electron chi connectivity index (χ3n) is 4.74. The van der Waals surface area contributed by atoms with Gasteiger partial charge in [-0.1, -0.05) is 30.7 Å². The van der Waals surface area contributed by atoms with E-state index in [9.17, 15) is 0 Å². The third kappa shape index (κ3) is 4.80. The molecule has 0 radical (unpaired) electrons. The second kappa shape index (κ2) is 7.92. The normalized spacial score (nSPS) is 24.1. The van der Waals surface area contributed by atoms with Crippen LogP contribution < -0.4 is 5.32 Å². The zero-order valence-electron chi connectivity index (χ0n) is 13.0. The Hall–Kier alpha value is -0.900. The van der Waals surface area contributed by atoms with E-state index < -0.39 is 0 Å². The smallest absolute Gasteiger partial charge is 0.0594 e. The van der Waals surface area contributed by atoms with Crippen LogP contribution in [0.4, 0.5) is 0 Å². The molecule has 1 N–H and O–H groups in total. The van der Waals surface area contributed by atoms with Crippen molar-refractivity contribution in [2.45, 2.75) is 38.1 Å². The first kappa shape index (κ1) is 15.0. The van der Waals surface area contributed by atoms with E-state index in [4.69, 9.17) is 4.74 Å². The van der Waals surface area contributed by atoms with Crippen molar-refractivity contribution in [3.63, 3.8) is 0 Å². The SMILES string of the molecule is c1cc(CC2CCCCN2)ccc1CCN1CCOCC1. The van der Waals surface area contributed by atoms with Crippen LogP contribution in [-0.2, 0) is 17.6 Å². The second-order valence-electron chi connectivity index (χ2n) is 6.37. The highest BCUT2D eigenvalue weighted by atomic mass is 16.5. The average Bonchev–Trinajstić information content (AvgIpc) is 2.56. The lowest BCUT2D eigenvalue weighted by Gasteiger charge is -2.26. The Bertz CT molecular complexity index is 406. The molecule has 0 saturated carbocycles. The lowest BCUT2D eigenvalue weighted by Crippen LogP contribution is -2.37. The van der Waals surface area contributed by atoms with Gasteiger partial charge in [0.15, 0.2) is 0 Å². The summed E-state index contributed by atoms with van der Waals surface area (Å²) < 4.78 is 5.39. The Balaban J connectivity index is 1.44. The highest BCUT2D eigenvalue weighted by molar-refractivity contribution is 5.23. The van der Waals surface area contributed by atoms with E-state index in [0.717, 1.165) is 39.3 Å². The lowest BCUT2D eigenvalue weighted by molar-refractivity contribution is 0.0384. The Morgan fingerprint density at radius 1 is 1.05 bits per heavy atom. The number of nitrogens with zero attached hydrogens (tertiary/aromatic N) is 1. The number of hydrogen-bond donors (Lipinski definition) is 1. The van der Waals surface area contributed by atoms with E-state index in [0.29, 0.717) is 6.04 Å². The summed E-state index contributed by atoms with van der Waals surface area (Å²) in [5, 5.41) is 3.63. The Labute approximate surface area is 128 Å². The first-order chi connectivity index (χ1) is 10.4. The van der Waals surface area contributed by atoms with Crippen LogP contribution in [0.15, 0.2) is 24.3 Å². The summed E-state index contributed by atoms with van der Waals surface area (Å²) >= 11 is 0. The number of nitrogens with one attached hydrogen (secondary N) is 1. The summed E-state index contributed by atoms with van der Waals surface area (Å²) in [6.07, 6.45) is 6.40. The minimum absolute atomic E-state index is 0.693. The summed E-state index contributed by atoms with van der Waals surface area (Å²) in [7, 11) is 0. The molecule has 1 atom stereocenters. The molecule has 0 aliphatic carbocycles. The maximum Gasteiger partial charge on any atom is 0.0594 e. The molecule has 1 aromatic rings. The Morgan fingerprint density at radius 3 is 2.52 bits per heavy atom. The van der Waals surface area contributed by atoms with Crippen LogP contribution in [0.5, 0.6) is 0 Å². The predicted octanol–water partition coefficient (Wildman–Crippen LogP) is 2.25. The summed E-state index contributed by atoms with van der Waals surface area (Å²) in [6, 6.07) is 9.98. The predicted molar refractivity (Wildman–Crippen MR) is 86.8 cm³/mol. The van der Waals surface area contributed by atoms with Crippen molar-refractivity contribution < 1.29 is 4.74 Å². The van der Waals surface area contributed by atoms with E-state index in [1.807, 2.05) is 0 Å². The highest BCUT2D eigenvalue weighted by Crippen LogP contribution is 2.14. The van der Waals surface area contributed by atoms with E-state index in [-0.39, 0.29) is 0 Å². The standard InChI is InChI=1S/C18H28N2O/c1-2-9-19-18(3-1)15-17-6-4-16(5-7-17)8-10-20-11-13-21-14-12-20/h4-7,18-19H,1-3,8-15H2. The van der Waals surface area contributed by atoms with Gasteiger partial charge in [-0.15, -0.1) is 0 Å². The maximum absolute atomic E-state index is 5.39. The summed E-state index contributed by atoms with van der Waals surface area (Å²) in [6.45, 7) is 6.33. The van der Waals surface area contributed by atoms with Gasteiger partial charge in [-0.2, -0.15) is 0 Å². The molecule has 0 aromatic heterocycles. The van der Waals surface area contributed by atoms with Gasteiger partial charge in [0.1, 0.15) is 0 Å². The minimum Gasteiger partial charge on any atom is -0.379 e. The molecule has 3 heteroatoms. The third-order valence-corrected chi connectivity index (χ3v) is 4.74. The topological polar surface area (TPSA) is 24.5 Å². The number of rotatable bonds is 5. The molecule has 0 bridgehead atoms. The maximum atomic E-state index is 5.39. The largest absolute Gasteiger partial charge is 0.379 e. The number of morpholine rings is 1. The number of benzene rings is 1. The van der Waals surface area contributed by atoms with Crippen LogP contribution in [0.3, 0.4) is 0 Å². The van der Waals surface area contributed by atoms with Crippen LogP contribution in [0.2, 0.25) is 0 Å². The summed E-state index contributed by atoms with van der Waals surface area (Å²) in [4.78, 5) is 2.50. The van der Waals surface area contributed by atoms with E-state index in [2.05, 4.69) is 34.5 Å². The first-order valence-corrected chi connectivity index (χ1v) is 8.51. The Morgan fingerprint density at radius 2 is 1.81 bits per heavy atom. The Kier molecular flexibility index (Phi) is 5.67. The van der Waals surface area contributed by atoms with Crippen LogP contribution in [0.1, 0.15) is 30.4 Å². The van der Waals surface area contributed by atoms with Crippen LogP contribution in [0, 0.1) is 0 Å². The molecule has 21 heavy (non-hydrogen) atoms. The molecule has 2 heterocycles. The van der Waals surface area contributed by atoms with Gasteiger partial charge in [-0.3, -0.25) is 4.90 Å². The van der Waals surface area contributed by atoms with Crippen molar-refractivity contribution in [2.75, 3.05) is 39.4 Å². The molecular formula is C18H28N2O. The van der Waals surface area contributed by atoms with Gasteiger partial charge < -0.3 is 10.1 Å². The van der Waals surface area contributed by atoms with Gasteiger partial charge >= 0.3 is 0 Å². The second-order valence-corrected chi connectivity index (χ2v) is 6.37. The molecule has 1 aromatic carbocycles. The van der Waals surface area contributed by atoms with E-state index in [1.165, 1.54) is 43.4 Å². The molecule has 3 nitrogen and oxygen atoms in total. The van der Waals surface area contributed by atoms with Gasteiger partial charge in [0, 0.05) is 25.7 Å². The number of hydrogen-bond acceptors (Lipinski definition) is 3. The zero-order valence-corrected chi connectivity index (χ0v) is 13.0. The summed E-state index contributed by atoms with van der Waals surface area (Å²) in [5.74, 6) is 0. The molecule has 2 saturated heterocycles. The highest BCUT2D eigenvalue weighted by Gasteiger charge is 2.13. The molecule has 2 aliphatic rings. The van der Waals surface area contributed by atoms with Gasteiger partial charge in [-0.25, -0.2) is 0 Å². The van der Waals surface area contributed by atoms with Gasteiger partial charge in [-0.05, 0) is 43.4 Å². The van der Waals surface area contributed by atoms with Gasteiger partial charge in [0.05, 0.1) is 13.2 Å². The summed E-state index contributed by atoms with van der Waals surface area (Å²) in [5.41, 5.74) is 2.94. The van der Waals surface area contributed by atoms with Gasteiger partial charge in [0.2, 0.25) is 0 Å². The minimum atomic E-state index is 0.693. The van der Waals surface area contributed by atoms with Crippen molar-refractivity contribution in [1.82, 2.24) is 10.2 Å². The molecule has 3 rings (SSSR count). The molecule has 2 fully saturated rings. The van der Waals surface area contributed by atoms with Crippen molar-refractivity contribution in [1.29, 1.82) is 0 Å². The molecular weight excluding hydrogens is 260 g/mol. The quantitative estimate of drug-likeness (QED) is 0.899. The zero-order chi connectivity index (χ0) is 14.3. The first-order valence-electron chi connectivity index (χ1n) is 8.51. The molecule has 0 amide bonds. The van der Waals surface area contributed by atoms with Gasteiger partial charge in [0.25, 0.3) is 0 Å². The monoisotopic (exact) mass is 288 g/mol. The fourth-order valence-corrected chi connectivity index (χ4v) is 3.34. The molecule has 1 unspecified atom stereocenters. The van der Waals surface area contributed by atoms with Crippen molar-refractivity contribution in [3.05, 3.63) is 35.4 Å². The van der Waals surface area contributed by atoms with E-state index >= 15 is 0 Å². The average molecular weight is 288 g/mol. The van der Waals surface area contributed by atoms with Crippen LogP contribution >= 0.6 is 0 Å². The molecule has 116 valence electrons. The van der Waals surface area contributed by atoms with Crippen molar-refractivity contribution >= 4 is 0 Å². The van der Waals surface area contributed by atoms with Crippen molar-refractivity contribution in [2.24, 2.45) is 0 Å². The molecule has 0 spiro atoms. The van der Waals surface area contributed by atoms with Crippen LogP contribution in [-0.4, -0.2) is 50.3 Å².